The summed E-state index contributed by atoms with van der Waals surface area (Å²) in [5.74, 6) is -1.37. The van der Waals surface area contributed by atoms with Crippen LogP contribution >= 0.6 is 0 Å². The lowest BCUT2D eigenvalue weighted by Crippen LogP contribution is -2.22. The first-order valence-electron chi connectivity index (χ1n) is 3.33. The van der Waals surface area contributed by atoms with Crippen LogP contribution in [0.25, 0.3) is 0 Å². The molecule has 12 heavy (non-hydrogen) atoms. The monoisotopic (exact) mass is 172 g/mol. The summed E-state index contributed by atoms with van der Waals surface area (Å²) < 4.78 is 13.7. The minimum atomic E-state index is -0.635. The fraction of sp³-hybridized carbons (Fsp3) is 0.429. The van der Waals surface area contributed by atoms with E-state index < -0.39 is 11.9 Å². The summed E-state index contributed by atoms with van der Waals surface area (Å²) >= 11 is 0. The van der Waals surface area contributed by atoms with Gasteiger partial charge in [0.1, 0.15) is 13.2 Å². The quantitative estimate of drug-likeness (QED) is 0.398. The van der Waals surface area contributed by atoms with Crippen LogP contribution in [0.5, 0.6) is 0 Å². The SMILES string of the molecule is COC(=O)C=C1OCCOC1=O. The van der Waals surface area contributed by atoms with E-state index in [2.05, 4.69) is 9.47 Å². The van der Waals surface area contributed by atoms with E-state index in [1.807, 2.05) is 0 Å². The van der Waals surface area contributed by atoms with Crippen LogP contribution in [-0.2, 0) is 23.8 Å². The van der Waals surface area contributed by atoms with Gasteiger partial charge in [-0.05, 0) is 0 Å². The van der Waals surface area contributed by atoms with E-state index in [0.29, 0.717) is 0 Å². The molecule has 1 aliphatic rings. The number of carbonyl (C=O) groups excluding carboxylic acids is 2. The van der Waals surface area contributed by atoms with Gasteiger partial charge < -0.3 is 14.2 Å². The Balaban J connectivity index is 2.65. The van der Waals surface area contributed by atoms with Crippen LogP contribution in [0, 0.1) is 0 Å². The highest BCUT2D eigenvalue weighted by Gasteiger charge is 2.19. The summed E-state index contributed by atoms with van der Waals surface area (Å²) in [4.78, 5) is 21.5. The lowest BCUT2D eigenvalue weighted by atomic mass is 10.4. The number of carbonyl (C=O) groups is 2. The van der Waals surface area contributed by atoms with E-state index in [1.54, 1.807) is 0 Å². The average Bonchev–Trinajstić information content (AvgIpc) is 2.09. The highest BCUT2D eigenvalue weighted by Crippen LogP contribution is 2.06. The van der Waals surface area contributed by atoms with Crippen molar-refractivity contribution in [2.24, 2.45) is 0 Å². The molecule has 0 unspecified atom stereocenters. The van der Waals surface area contributed by atoms with E-state index in [0.717, 1.165) is 6.08 Å². The van der Waals surface area contributed by atoms with Crippen LogP contribution in [0.1, 0.15) is 0 Å². The lowest BCUT2D eigenvalue weighted by molar-refractivity contribution is -0.151. The molecule has 1 aliphatic heterocycles. The number of hydrogen-bond acceptors (Lipinski definition) is 5. The Morgan fingerprint density at radius 3 is 2.75 bits per heavy atom. The normalized spacial score (nSPS) is 19.8. The van der Waals surface area contributed by atoms with Crippen LogP contribution in [0.4, 0.5) is 0 Å². The molecule has 1 heterocycles. The van der Waals surface area contributed by atoms with Crippen LogP contribution in [0.3, 0.4) is 0 Å². The fourth-order valence-electron chi connectivity index (χ4n) is 0.683. The number of rotatable bonds is 1. The zero-order valence-corrected chi connectivity index (χ0v) is 6.53. The first-order chi connectivity index (χ1) is 5.74. The zero-order chi connectivity index (χ0) is 8.97. The smallest absolute Gasteiger partial charge is 0.374 e. The van der Waals surface area contributed by atoms with Crippen LogP contribution in [0.2, 0.25) is 0 Å². The molecule has 66 valence electrons. The second-order valence-corrected chi connectivity index (χ2v) is 2.02. The van der Waals surface area contributed by atoms with Gasteiger partial charge in [-0.25, -0.2) is 9.59 Å². The van der Waals surface area contributed by atoms with Gasteiger partial charge in [0, 0.05) is 0 Å². The molecular formula is C7H8O5. The first-order valence-corrected chi connectivity index (χ1v) is 3.33. The van der Waals surface area contributed by atoms with E-state index in [1.165, 1.54) is 7.11 Å². The maximum absolute atomic E-state index is 10.8. The maximum atomic E-state index is 10.8. The summed E-state index contributed by atoms with van der Waals surface area (Å²) in [5, 5.41) is 0. The van der Waals surface area contributed by atoms with Crippen molar-refractivity contribution >= 4 is 11.9 Å². The van der Waals surface area contributed by atoms with Gasteiger partial charge in [-0.1, -0.05) is 0 Å². The Bertz CT molecular complexity index is 230. The van der Waals surface area contributed by atoms with Gasteiger partial charge in [-0.3, -0.25) is 0 Å². The molecule has 0 aromatic heterocycles. The second kappa shape index (κ2) is 3.75. The molecule has 0 aliphatic carbocycles. The van der Waals surface area contributed by atoms with Gasteiger partial charge in [0.2, 0.25) is 5.76 Å². The minimum Gasteiger partial charge on any atom is -0.483 e. The largest absolute Gasteiger partial charge is 0.483 e. The number of esters is 2. The second-order valence-electron chi connectivity index (χ2n) is 2.02. The van der Waals surface area contributed by atoms with Crippen molar-refractivity contribution in [3.05, 3.63) is 11.8 Å². The molecule has 0 saturated carbocycles. The lowest BCUT2D eigenvalue weighted by Gasteiger charge is -2.14. The molecule has 1 fully saturated rings. The number of hydrogen-bond donors (Lipinski definition) is 0. The molecule has 0 spiro atoms. The Morgan fingerprint density at radius 2 is 2.17 bits per heavy atom. The molecule has 5 heteroatoms. The van der Waals surface area contributed by atoms with Gasteiger partial charge in [-0.15, -0.1) is 0 Å². The van der Waals surface area contributed by atoms with Crippen molar-refractivity contribution in [3.63, 3.8) is 0 Å². The van der Waals surface area contributed by atoms with Crippen molar-refractivity contribution < 1.29 is 23.8 Å². The van der Waals surface area contributed by atoms with Gasteiger partial charge in [0.15, 0.2) is 0 Å². The predicted molar refractivity (Wildman–Crippen MR) is 37.0 cm³/mol. The Hall–Kier alpha value is -1.52. The molecule has 0 amide bonds. The van der Waals surface area contributed by atoms with Gasteiger partial charge >= 0.3 is 11.9 Å². The molecular weight excluding hydrogens is 164 g/mol. The van der Waals surface area contributed by atoms with E-state index in [4.69, 9.17) is 4.74 Å². The number of methoxy groups -OCH3 is 1. The van der Waals surface area contributed by atoms with E-state index in [-0.39, 0.29) is 19.0 Å². The first kappa shape index (κ1) is 8.58. The molecule has 1 saturated heterocycles. The standard InChI is InChI=1S/C7H8O5/c1-10-6(8)4-5-7(9)12-3-2-11-5/h4H,2-3H2,1H3. The highest BCUT2D eigenvalue weighted by atomic mass is 16.6. The minimum absolute atomic E-state index is 0.104. The van der Waals surface area contributed by atoms with Crippen molar-refractivity contribution in [2.45, 2.75) is 0 Å². The Morgan fingerprint density at radius 1 is 1.50 bits per heavy atom. The van der Waals surface area contributed by atoms with E-state index >= 15 is 0 Å². The van der Waals surface area contributed by atoms with Crippen molar-refractivity contribution in [1.29, 1.82) is 0 Å². The van der Waals surface area contributed by atoms with E-state index in [9.17, 15) is 9.59 Å². The van der Waals surface area contributed by atoms with Crippen molar-refractivity contribution in [2.75, 3.05) is 20.3 Å². The van der Waals surface area contributed by atoms with Crippen molar-refractivity contribution in [3.8, 4) is 0 Å². The third-order valence-corrected chi connectivity index (χ3v) is 1.23. The molecule has 0 atom stereocenters. The van der Waals surface area contributed by atoms with Gasteiger partial charge in [0.25, 0.3) is 0 Å². The Kier molecular flexibility index (Phi) is 2.68. The summed E-state index contributed by atoms with van der Waals surface area (Å²) in [6.45, 7) is 0.492. The molecule has 0 aromatic carbocycles. The van der Waals surface area contributed by atoms with Crippen LogP contribution in [0.15, 0.2) is 11.8 Å². The zero-order valence-electron chi connectivity index (χ0n) is 6.53. The summed E-state index contributed by atoms with van der Waals surface area (Å²) in [5.41, 5.74) is 0. The Labute approximate surface area is 68.9 Å². The average molecular weight is 172 g/mol. The third kappa shape index (κ3) is 1.98. The molecule has 0 N–H and O–H groups in total. The topological polar surface area (TPSA) is 61.8 Å². The predicted octanol–water partition coefficient (Wildman–Crippen LogP) is -0.383. The maximum Gasteiger partial charge on any atom is 0.374 e. The molecule has 0 aromatic rings. The molecule has 0 bridgehead atoms. The summed E-state index contributed by atoms with van der Waals surface area (Å²) in [7, 11) is 1.22. The molecule has 5 nitrogen and oxygen atoms in total. The van der Waals surface area contributed by atoms with Crippen molar-refractivity contribution in [1.82, 2.24) is 0 Å². The fourth-order valence-corrected chi connectivity index (χ4v) is 0.683. The van der Waals surface area contributed by atoms with Crippen LogP contribution in [-0.4, -0.2) is 32.3 Å². The van der Waals surface area contributed by atoms with Gasteiger partial charge in [0.05, 0.1) is 13.2 Å². The highest BCUT2D eigenvalue weighted by molar-refractivity contribution is 5.94. The van der Waals surface area contributed by atoms with Gasteiger partial charge in [-0.2, -0.15) is 0 Å². The summed E-state index contributed by atoms with van der Waals surface area (Å²) in [6.07, 6.45) is 0.960. The molecule has 1 rings (SSSR count). The summed E-state index contributed by atoms with van der Waals surface area (Å²) in [6, 6.07) is 0. The molecule has 0 radical (unpaired) electrons. The third-order valence-electron chi connectivity index (χ3n) is 1.23. The number of cyclic esters (lactones) is 1. The van der Waals surface area contributed by atoms with Crippen LogP contribution < -0.4 is 0 Å². The number of ether oxygens (including phenoxy) is 3.